The maximum absolute atomic E-state index is 13.9. The van der Waals surface area contributed by atoms with Crippen molar-refractivity contribution in [1.29, 1.82) is 0 Å². The van der Waals surface area contributed by atoms with E-state index in [0.29, 0.717) is 17.1 Å². The van der Waals surface area contributed by atoms with Crippen LogP contribution in [0.4, 0.5) is 18.9 Å². The number of primary amides is 1. The molecule has 0 aliphatic heterocycles. The highest BCUT2D eigenvalue weighted by Crippen LogP contribution is 2.42. The number of nitrogens with two attached hydrogens (primary N) is 1. The summed E-state index contributed by atoms with van der Waals surface area (Å²) < 4.78 is 48.8. The summed E-state index contributed by atoms with van der Waals surface area (Å²) in [5.74, 6) is -0.579. The third-order valence-corrected chi connectivity index (χ3v) is 7.69. The maximum Gasteiger partial charge on any atom is 0.435 e. The Morgan fingerprint density at radius 2 is 1.81 bits per heavy atom. The number of nitrogens with zero attached hydrogens (tertiary/aromatic N) is 2. The van der Waals surface area contributed by atoms with Gasteiger partial charge in [-0.3, -0.25) is 9.59 Å². The first kappa shape index (κ1) is 30.0. The van der Waals surface area contributed by atoms with Gasteiger partial charge in [0.1, 0.15) is 6.26 Å². The molecule has 0 saturated heterocycles. The van der Waals surface area contributed by atoms with Gasteiger partial charge in [0.2, 0.25) is 0 Å². The average molecular weight is 598 g/mol. The van der Waals surface area contributed by atoms with Gasteiger partial charge in [-0.2, -0.15) is 18.3 Å². The van der Waals surface area contributed by atoms with Gasteiger partial charge in [-0.25, -0.2) is 10.2 Å². The monoisotopic (exact) mass is 597 g/mol. The van der Waals surface area contributed by atoms with Crippen molar-refractivity contribution in [3.63, 3.8) is 0 Å². The zero-order valence-electron chi connectivity index (χ0n) is 23.9. The zero-order valence-corrected chi connectivity index (χ0v) is 23.9. The van der Waals surface area contributed by atoms with E-state index in [1.54, 1.807) is 18.5 Å². The molecule has 2 aromatic carbocycles. The van der Waals surface area contributed by atoms with E-state index < -0.39 is 29.0 Å². The van der Waals surface area contributed by atoms with E-state index in [9.17, 15) is 22.8 Å². The number of amides is 1. The minimum atomic E-state index is -4.79. The minimum Gasteiger partial charge on any atom is -0.496 e. The van der Waals surface area contributed by atoms with Crippen molar-refractivity contribution >= 4 is 17.4 Å². The van der Waals surface area contributed by atoms with Crippen molar-refractivity contribution in [1.82, 2.24) is 15.3 Å². The summed E-state index contributed by atoms with van der Waals surface area (Å²) in [6, 6.07) is 13.8. The molecular formula is C31H34F3N5O4. The van der Waals surface area contributed by atoms with Gasteiger partial charge in [0, 0.05) is 18.2 Å². The van der Waals surface area contributed by atoms with Crippen molar-refractivity contribution in [2.45, 2.75) is 70.7 Å². The number of anilines is 1. The Labute approximate surface area is 247 Å². The number of benzene rings is 2. The lowest BCUT2D eigenvalue weighted by Gasteiger charge is -2.30. The Morgan fingerprint density at radius 3 is 2.49 bits per heavy atom. The smallest absolute Gasteiger partial charge is 0.435 e. The van der Waals surface area contributed by atoms with E-state index in [1.165, 1.54) is 16.8 Å². The van der Waals surface area contributed by atoms with Gasteiger partial charge in [0.25, 0.3) is 5.91 Å². The number of ether oxygens (including phenoxy) is 1. The van der Waals surface area contributed by atoms with Gasteiger partial charge in [-0.15, -0.1) is 0 Å². The Bertz CT molecular complexity index is 1510. The van der Waals surface area contributed by atoms with Gasteiger partial charge >= 0.3 is 6.18 Å². The van der Waals surface area contributed by atoms with E-state index in [-0.39, 0.29) is 41.8 Å². The molecule has 0 spiro atoms. The summed E-state index contributed by atoms with van der Waals surface area (Å²) in [5, 5.41) is 7.23. The number of hydrogen-bond donors (Lipinski definition) is 3. The molecule has 9 nitrogen and oxygen atoms in total. The predicted octanol–water partition coefficient (Wildman–Crippen LogP) is 5.94. The summed E-state index contributed by atoms with van der Waals surface area (Å²) in [5.41, 5.74) is 7.36. The number of para-hydroxylation sites is 1. The third-order valence-electron chi connectivity index (χ3n) is 7.69. The van der Waals surface area contributed by atoms with Crippen LogP contribution >= 0.6 is 0 Å². The number of alkyl halides is 3. The Morgan fingerprint density at radius 1 is 1.09 bits per heavy atom. The van der Waals surface area contributed by atoms with E-state index in [2.05, 4.69) is 15.9 Å². The highest BCUT2D eigenvalue weighted by Gasteiger charge is 2.45. The Balaban J connectivity index is 1.29. The quantitative estimate of drug-likeness (QED) is 0.206. The molecule has 1 amide bonds. The average Bonchev–Trinajstić information content (AvgIpc) is 3.33. The number of ketones is 1. The minimum absolute atomic E-state index is 0.00233. The number of hydroxylamine groups is 1. The fourth-order valence-electron chi connectivity index (χ4n) is 5.69. The molecule has 4 N–H and O–H groups in total. The van der Waals surface area contributed by atoms with Gasteiger partial charge in [0.15, 0.2) is 17.2 Å². The van der Waals surface area contributed by atoms with Crippen LogP contribution in [0.2, 0.25) is 0 Å². The summed E-state index contributed by atoms with van der Waals surface area (Å²) in [6.45, 7) is 3.68. The standard InChI is InChI=1S/C31H34F3N5O4/c1-30(2)17-25-27(26(40)18-30)28(31(32,33)34)38-39(25)20-10-13-23(29(35)41)24(16-20)37-19-8-11-21(12-9-19)42-15-14-36-43-22-6-4-3-5-7-22/h3-7,10,13-16,19,21,36-37H,8-9,11-12,17-18H2,1-2H3,(H2,35,41). The molecule has 12 heteroatoms. The van der Waals surface area contributed by atoms with E-state index in [1.807, 2.05) is 44.2 Å². The van der Waals surface area contributed by atoms with Crippen LogP contribution < -0.4 is 21.4 Å². The van der Waals surface area contributed by atoms with Crippen LogP contribution in [-0.4, -0.2) is 33.6 Å². The van der Waals surface area contributed by atoms with Crippen LogP contribution in [0.3, 0.4) is 0 Å². The van der Waals surface area contributed by atoms with Gasteiger partial charge in [-0.1, -0.05) is 32.0 Å². The van der Waals surface area contributed by atoms with Crippen molar-refractivity contribution < 1.29 is 32.3 Å². The summed E-state index contributed by atoms with van der Waals surface area (Å²) in [7, 11) is 0. The molecule has 228 valence electrons. The topological polar surface area (TPSA) is 120 Å². The molecule has 3 aromatic rings. The molecule has 0 radical (unpaired) electrons. The fraction of sp³-hybridized carbons (Fsp3) is 0.387. The fourth-order valence-corrected chi connectivity index (χ4v) is 5.69. The number of rotatable bonds is 9. The lowest BCUT2D eigenvalue weighted by atomic mass is 9.75. The van der Waals surface area contributed by atoms with E-state index in [0.717, 1.165) is 25.7 Å². The maximum atomic E-state index is 13.9. The third kappa shape index (κ3) is 6.95. The second-order valence-electron chi connectivity index (χ2n) is 11.7. The predicted molar refractivity (Wildman–Crippen MR) is 154 cm³/mol. The van der Waals surface area contributed by atoms with Crippen molar-refractivity contribution in [3.05, 3.63) is 83.5 Å². The van der Waals surface area contributed by atoms with Crippen molar-refractivity contribution in [2.75, 3.05) is 5.32 Å². The van der Waals surface area contributed by atoms with Crippen LogP contribution in [0.1, 0.15) is 78.1 Å². The molecule has 5 rings (SSSR count). The highest BCUT2D eigenvalue weighted by molar-refractivity contribution is 6.00. The first-order chi connectivity index (χ1) is 20.4. The van der Waals surface area contributed by atoms with Gasteiger partial charge in [-0.05, 0) is 67.9 Å². The SMILES string of the molecule is CC1(C)CC(=O)c2c(C(F)(F)F)nn(-c3ccc(C(N)=O)c(NC4CCC(OC=CNOc5ccccc5)CC4)c3)c2C1. The molecule has 0 unspecified atom stereocenters. The number of nitrogens with one attached hydrogen (secondary N) is 2. The lowest BCUT2D eigenvalue weighted by Crippen LogP contribution is -2.30. The second-order valence-corrected chi connectivity index (χ2v) is 11.7. The van der Waals surface area contributed by atoms with Crippen LogP contribution in [-0.2, 0) is 17.3 Å². The number of fused-ring (bicyclic) bond motifs is 1. The normalized spacial score (nSPS) is 20.0. The van der Waals surface area contributed by atoms with Crippen molar-refractivity contribution in [3.8, 4) is 11.4 Å². The van der Waals surface area contributed by atoms with E-state index >= 15 is 0 Å². The molecule has 2 aliphatic carbocycles. The molecule has 1 aromatic heterocycles. The van der Waals surface area contributed by atoms with Crippen LogP contribution in [0.25, 0.3) is 5.69 Å². The largest absolute Gasteiger partial charge is 0.496 e. The van der Waals surface area contributed by atoms with Gasteiger partial charge in [0.05, 0.1) is 34.8 Å². The Hall–Kier alpha value is -4.48. The van der Waals surface area contributed by atoms with Gasteiger partial charge < -0.3 is 20.6 Å². The second kappa shape index (κ2) is 12.0. The summed E-state index contributed by atoms with van der Waals surface area (Å²) in [6.07, 6.45) is 1.50. The molecule has 0 atom stereocenters. The summed E-state index contributed by atoms with van der Waals surface area (Å²) in [4.78, 5) is 30.4. The first-order valence-electron chi connectivity index (χ1n) is 14.1. The van der Waals surface area contributed by atoms with Crippen LogP contribution in [0.5, 0.6) is 5.75 Å². The number of aromatic nitrogens is 2. The number of halogens is 3. The molecule has 1 heterocycles. The number of Topliss-reactive ketones (excluding diaryl/α,β-unsaturated/α-hetero) is 1. The Kier molecular flexibility index (Phi) is 8.38. The zero-order chi connectivity index (χ0) is 30.8. The number of carbonyl (C=O) groups is 2. The lowest BCUT2D eigenvalue weighted by molar-refractivity contribution is -0.141. The number of carbonyl (C=O) groups excluding carboxylic acids is 2. The van der Waals surface area contributed by atoms with E-state index in [4.69, 9.17) is 15.3 Å². The molecule has 2 aliphatic rings. The van der Waals surface area contributed by atoms with Crippen LogP contribution in [0.15, 0.2) is 61.0 Å². The molecule has 43 heavy (non-hydrogen) atoms. The highest BCUT2D eigenvalue weighted by atomic mass is 19.4. The van der Waals surface area contributed by atoms with Crippen molar-refractivity contribution in [2.24, 2.45) is 11.1 Å². The molecule has 1 fully saturated rings. The molecule has 1 saturated carbocycles. The summed E-state index contributed by atoms with van der Waals surface area (Å²) >= 11 is 0. The number of hydrogen-bond acceptors (Lipinski definition) is 7. The molecular weight excluding hydrogens is 563 g/mol. The first-order valence-corrected chi connectivity index (χ1v) is 14.1. The van der Waals surface area contributed by atoms with Crippen LogP contribution in [0, 0.1) is 5.41 Å². The molecule has 0 bridgehead atoms.